The smallest absolute Gasteiger partial charge is 0.344 e. The minimum Gasteiger partial charge on any atom is -0.507 e. The lowest BCUT2D eigenvalue weighted by Gasteiger charge is -2.30. The van der Waals surface area contributed by atoms with Crippen molar-refractivity contribution in [1.29, 1.82) is 0 Å². The van der Waals surface area contributed by atoms with Crippen molar-refractivity contribution in [2.75, 3.05) is 20.2 Å². The predicted octanol–water partition coefficient (Wildman–Crippen LogP) is 4.51. The number of ether oxygens (including phenoxy) is 1. The molecule has 0 unspecified atom stereocenters. The zero-order valence-electron chi connectivity index (χ0n) is 18.6. The molecule has 33 heavy (non-hydrogen) atoms. The molecule has 0 bridgehead atoms. The first-order chi connectivity index (χ1) is 15.9. The van der Waals surface area contributed by atoms with Gasteiger partial charge in [0.05, 0.1) is 18.2 Å². The highest BCUT2D eigenvalue weighted by Crippen LogP contribution is 2.35. The zero-order chi connectivity index (χ0) is 23.1. The van der Waals surface area contributed by atoms with Crippen LogP contribution in [0.1, 0.15) is 25.3 Å². The predicted molar refractivity (Wildman–Crippen MR) is 126 cm³/mol. The van der Waals surface area contributed by atoms with Crippen LogP contribution in [-0.4, -0.2) is 30.2 Å². The van der Waals surface area contributed by atoms with Gasteiger partial charge in [-0.1, -0.05) is 19.1 Å². The monoisotopic (exact) mass is 447 g/mol. The van der Waals surface area contributed by atoms with E-state index in [4.69, 9.17) is 13.6 Å². The molecule has 0 amide bonds. The average Bonchev–Trinajstić information content (AvgIpc) is 2.81. The number of rotatable bonds is 4. The minimum absolute atomic E-state index is 0.0664. The third-order valence-corrected chi connectivity index (χ3v) is 6.48. The molecule has 170 valence electrons. The van der Waals surface area contributed by atoms with E-state index in [0.717, 1.165) is 25.9 Å². The summed E-state index contributed by atoms with van der Waals surface area (Å²) >= 11 is 0. The van der Waals surface area contributed by atoms with Crippen LogP contribution in [-0.2, 0) is 6.54 Å². The molecular formula is C26H25NO6. The molecule has 1 aliphatic rings. The lowest BCUT2D eigenvalue weighted by atomic mass is 9.97. The maximum absolute atomic E-state index is 12.9. The summed E-state index contributed by atoms with van der Waals surface area (Å²) in [7, 11) is 1.51. The second-order valence-electron chi connectivity index (χ2n) is 8.70. The Morgan fingerprint density at radius 2 is 1.82 bits per heavy atom. The van der Waals surface area contributed by atoms with Gasteiger partial charge >= 0.3 is 11.3 Å². The third kappa shape index (κ3) is 3.89. The molecule has 0 radical (unpaired) electrons. The van der Waals surface area contributed by atoms with Crippen LogP contribution in [0.2, 0.25) is 0 Å². The van der Waals surface area contributed by atoms with Gasteiger partial charge in [-0.3, -0.25) is 4.90 Å². The van der Waals surface area contributed by atoms with Gasteiger partial charge in [-0.05, 0) is 56.1 Å². The molecule has 7 heteroatoms. The van der Waals surface area contributed by atoms with Gasteiger partial charge in [-0.2, -0.15) is 0 Å². The number of phenols is 1. The Morgan fingerprint density at radius 1 is 1.03 bits per heavy atom. The van der Waals surface area contributed by atoms with Gasteiger partial charge < -0.3 is 18.7 Å². The SMILES string of the molecule is COc1cccc2cc(-c3cc(=O)oc4c(CN5CCC(C)CC5)c(O)ccc34)c(=O)oc12. The standard InChI is InChI=1S/C26H25NO6/c1-15-8-10-27(11-9-15)14-20-21(28)7-6-17-18(13-23(29)32-25(17)20)19-12-16-4-3-5-22(31-2)24(16)33-26(19)30/h3-7,12-13,15,28H,8-11,14H2,1-2H3. The number of likely N-dealkylation sites (tertiary alicyclic amines) is 1. The van der Waals surface area contributed by atoms with Crippen molar-refractivity contribution in [2.24, 2.45) is 5.92 Å². The molecule has 1 N–H and O–H groups in total. The molecule has 0 aliphatic carbocycles. The quantitative estimate of drug-likeness (QED) is 0.460. The van der Waals surface area contributed by atoms with E-state index in [2.05, 4.69) is 11.8 Å². The number of aromatic hydroxyl groups is 1. The molecule has 1 saturated heterocycles. The van der Waals surface area contributed by atoms with Gasteiger partial charge in [0.1, 0.15) is 11.3 Å². The van der Waals surface area contributed by atoms with Crippen LogP contribution < -0.4 is 16.0 Å². The number of hydrogen-bond donors (Lipinski definition) is 1. The fourth-order valence-electron chi connectivity index (χ4n) is 4.56. The summed E-state index contributed by atoms with van der Waals surface area (Å²) in [4.78, 5) is 27.7. The maximum atomic E-state index is 12.9. The molecule has 2 aromatic carbocycles. The van der Waals surface area contributed by atoms with Crippen molar-refractivity contribution >= 4 is 21.9 Å². The summed E-state index contributed by atoms with van der Waals surface area (Å²) in [6.07, 6.45) is 2.17. The van der Waals surface area contributed by atoms with E-state index in [1.54, 1.807) is 30.3 Å². The highest BCUT2D eigenvalue weighted by molar-refractivity contribution is 5.97. The lowest BCUT2D eigenvalue weighted by Crippen LogP contribution is -2.32. The van der Waals surface area contributed by atoms with E-state index >= 15 is 0 Å². The largest absolute Gasteiger partial charge is 0.507 e. The van der Waals surface area contributed by atoms with E-state index in [-0.39, 0.29) is 11.3 Å². The zero-order valence-corrected chi connectivity index (χ0v) is 18.6. The summed E-state index contributed by atoms with van der Waals surface area (Å²) < 4.78 is 16.4. The maximum Gasteiger partial charge on any atom is 0.344 e. The first-order valence-electron chi connectivity index (χ1n) is 11.1. The van der Waals surface area contributed by atoms with Crippen LogP contribution >= 0.6 is 0 Å². The topological polar surface area (TPSA) is 93.1 Å². The normalized spacial score (nSPS) is 15.3. The number of nitrogens with zero attached hydrogens (tertiary/aromatic N) is 1. The summed E-state index contributed by atoms with van der Waals surface area (Å²) in [6.45, 7) is 4.53. The highest BCUT2D eigenvalue weighted by atomic mass is 16.5. The molecule has 4 aromatic rings. The summed E-state index contributed by atoms with van der Waals surface area (Å²) in [5.74, 6) is 1.20. The molecule has 1 fully saturated rings. The molecule has 0 atom stereocenters. The number of benzene rings is 2. The number of piperidine rings is 1. The molecule has 2 aromatic heterocycles. The van der Waals surface area contributed by atoms with Crippen molar-refractivity contribution < 1.29 is 18.7 Å². The van der Waals surface area contributed by atoms with Crippen LogP contribution in [0.5, 0.6) is 11.5 Å². The Bertz CT molecular complexity index is 1460. The van der Waals surface area contributed by atoms with Crippen LogP contribution in [0.4, 0.5) is 0 Å². The van der Waals surface area contributed by atoms with Gasteiger partial charge in [0, 0.05) is 28.9 Å². The molecule has 5 rings (SSSR count). The first-order valence-corrected chi connectivity index (χ1v) is 11.1. The molecule has 1 aliphatic heterocycles. The number of methoxy groups -OCH3 is 1. The van der Waals surface area contributed by atoms with E-state index in [1.807, 2.05) is 6.07 Å². The van der Waals surface area contributed by atoms with E-state index in [1.165, 1.54) is 13.2 Å². The van der Waals surface area contributed by atoms with E-state index < -0.39 is 11.3 Å². The van der Waals surface area contributed by atoms with Crippen molar-refractivity contribution in [3.8, 4) is 22.6 Å². The number of fused-ring (bicyclic) bond motifs is 2. The molecule has 0 spiro atoms. The fourth-order valence-corrected chi connectivity index (χ4v) is 4.56. The van der Waals surface area contributed by atoms with Crippen LogP contribution in [0.3, 0.4) is 0 Å². The highest BCUT2D eigenvalue weighted by Gasteiger charge is 2.22. The van der Waals surface area contributed by atoms with Crippen LogP contribution in [0.15, 0.2) is 60.9 Å². The first kappa shape index (κ1) is 21.3. The van der Waals surface area contributed by atoms with Crippen molar-refractivity contribution in [1.82, 2.24) is 4.90 Å². The second-order valence-corrected chi connectivity index (χ2v) is 8.70. The van der Waals surface area contributed by atoms with Gasteiger partial charge in [0.2, 0.25) is 0 Å². The molecule has 3 heterocycles. The Balaban J connectivity index is 1.68. The van der Waals surface area contributed by atoms with Gasteiger partial charge in [-0.25, -0.2) is 9.59 Å². The number of hydrogen-bond acceptors (Lipinski definition) is 7. The summed E-state index contributed by atoms with van der Waals surface area (Å²) in [5, 5.41) is 11.9. The van der Waals surface area contributed by atoms with E-state index in [0.29, 0.717) is 51.3 Å². The average molecular weight is 447 g/mol. The number of phenolic OH excluding ortho intramolecular Hbond substituents is 1. The molecule has 0 saturated carbocycles. The molecule has 7 nitrogen and oxygen atoms in total. The molecular weight excluding hydrogens is 422 g/mol. The van der Waals surface area contributed by atoms with E-state index in [9.17, 15) is 14.7 Å². The van der Waals surface area contributed by atoms with Crippen LogP contribution in [0, 0.1) is 5.92 Å². The Morgan fingerprint density at radius 3 is 2.58 bits per heavy atom. The number of para-hydroxylation sites is 1. The fraction of sp³-hybridized carbons (Fsp3) is 0.308. The van der Waals surface area contributed by atoms with Gasteiger partial charge in [0.15, 0.2) is 11.3 Å². The van der Waals surface area contributed by atoms with Crippen molar-refractivity contribution in [3.05, 3.63) is 68.9 Å². The summed E-state index contributed by atoms with van der Waals surface area (Å²) in [5.41, 5.74) is 0.665. The Labute approximate surface area is 189 Å². The van der Waals surface area contributed by atoms with Crippen molar-refractivity contribution in [3.63, 3.8) is 0 Å². The Kier molecular flexibility index (Phi) is 5.42. The summed E-state index contributed by atoms with van der Waals surface area (Å²) in [6, 6.07) is 11.6. The lowest BCUT2D eigenvalue weighted by molar-refractivity contribution is 0.183. The minimum atomic E-state index is -0.596. The van der Waals surface area contributed by atoms with Gasteiger partial charge in [-0.15, -0.1) is 0 Å². The van der Waals surface area contributed by atoms with Crippen LogP contribution in [0.25, 0.3) is 33.1 Å². The van der Waals surface area contributed by atoms with Crippen molar-refractivity contribution in [2.45, 2.75) is 26.3 Å². The Hall–Kier alpha value is -3.58. The second kappa shape index (κ2) is 8.41. The van der Waals surface area contributed by atoms with Gasteiger partial charge in [0.25, 0.3) is 0 Å². The third-order valence-electron chi connectivity index (χ3n) is 6.48.